The summed E-state index contributed by atoms with van der Waals surface area (Å²) in [5.41, 5.74) is 6.58. The van der Waals surface area contributed by atoms with Crippen LogP contribution < -0.4 is 15.2 Å². The fourth-order valence-electron chi connectivity index (χ4n) is 2.30. The molecule has 0 amide bonds. The molecule has 8 heteroatoms. The molecule has 3 N–H and O–H groups in total. The highest BCUT2D eigenvalue weighted by Gasteiger charge is 2.25. The van der Waals surface area contributed by atoms with Gasteiger partial charge in [0.2, 0.25) is 0 Å². The van der Waals surface area contributed by atoms with Gasteiger partial charge in [-0.05, 0) is 25.0 Å². The summed E-state index contributed by atoms with van der Waals surface area (Å²) in [4.78, 5) is 0. The van der Waals surface area contributed by atoms with Crippen LogP contribution in [0.2, 0.25) is 0 Å². The standard InChI is InChI=1S/C12H15N3O4S/c13-12-11-9(14-20(16,17)15-12)4-1-5-10(11)19-7-8-3-2-6-18-8/h1,4-5,8,14H,2-3,6-7H2,(H2,13,15). The first-order chi connectivity index (χ1) is 9.55. The van der Waals surface area contributed by atoms with Gasteiger partial charge in [0.25, 0.3) is 0 Å². The fourth-order valence-corrected chi connectivity index (χ4v) is 3.14. The Balaban J connectivity index is 1.86. The van der Waals surface area contributed by atoms with Crippen LogP contribution in [0.25, 0.3) is 0 Å². The van der Waals surface area contributed by atoms with Gasteiger partial charge in [-0.3, -0.25) is 4.72 Å². The smallest absolute Gasteiger partial charge is 0.344 e. The van der Waals surface area contributed by atoms with E-state index in [0.717, 1.165) is 19.4 Å². The van der Waals surface area contributed by atoms with Gasteiger partial charge < -0.3 is 15.2 Å². The molecule has 20 heavy (non-hydrogen) atoms. The fraction of sp³-hybridized carbons (Fsp3) is 0.417. The lowest BCUT2D eigenvalue weighted by molar-refractivity contribution is 0.0679. The quantitative estimate of drug-likeness (QED) is 0.851. The SMILES string of the molecule is NC1=NS(=O)(=O)Nc2cccc(OCC3CCCO3)c21. The van der Waals surface area contributed by atoms with Crippen LogP contribution in [0, 0.1) is 0 Å². The van der Waals surface area contributed by atoms with E-state index in [4.69, 9.17) is 15.2 Å². The van der Waals surface area contributed by atoms with Gasteiger partial charge >= 0.3 is 10.2 Å². The number of nitrogens with two attached hydrogens (primary N) is 1. The predicted octanol–water partition coefficient (Wildman–Crippen LogP) is 0.620. The van der Waals surface area contributed by atoms with E-state index in [-0.39, 0.29) is 11.9 Å². The molecule has 0 aromatic heterocycles. The number of anilines is 1. The third-order valence-corrected chi connectivity index (χ3v) is 4.10. The predicted molar refractivity (Wildman–Crippen MR) is 74.2 cm³/mol. The minimum Gasteiger partial charge on any atom is -0.490 e. The molecule has 1 atom stereocenters. The minimum absolute atomic E-state index is 0.0679. The average molecular weight is 297 g/mol. The monoisotopic (exact) mass is 297 g/mol. The third-order valence-electron chi connectivity index (χ3n) is 3.19. The van der Waals surface area contributed by atoms with E-state index in [9.17, 15) is 8.42 Å². The van der Waals surface area contributed by atoms with Gasteiger partial charge in [-0.15, -0.1) is 4.40 Å². The van der Waals surface area contributed by atoms with Gasteiger partial charge in [-0.1, -0.05) is 6.07 Å². The Morgan fingerprint density at radius 2 is 2.35 bits per heavy atom. The zero-order valence-corrected chi connectivity index (χ0v) is 11.5. The maximum atomic E-state index is 11.5. The van der Waals surface area contributed by atoms with Crippen LogP contribution in [-0.4, -0.2) is 33.6 Å². The number of nitrogens with one attached hydrogen (secondary N) is 1. The average Bonchev–Trinajstić information content (AvgIpc) is 2.87. The Hall–Kier alpha value is -1.80. The van der Waals surface area contributed by atoms with Gasteiger partial charge in [-0.2, -0.15) is 8.42 Å². The molecule has 0 saturated carbocycles. The van der Waals surface area contributed by atoms with Crippen molar-refractivity contribution in [3.8, 4) is 5.75 Å². The van der Waals surface area contributed by atoms with Crippen LogP contribution in [0.5, 0.6) is 5.75 Å². The molecule has 1 unspecified atom stereocenters. The van der Waals surface area contributed by atoms with Gasteiger partial charge in [-0.25, -0.2) is 0 Å². The molecular weight excluding hydrogens is 282 g/mol. The molecule has 1 fully saturated rings. The van der Waals surface area contributed by atoms with Gasteiger partial charge in [0.1, 0.15) is 12.4 Å². The first-order valence-corrected chi connectivity index (χ1v) is 7.75. The first kappa shape index (κ1) is 13.2. The molecule has 2 aliphatic heterocycles. The van der Waals surface area contributed by atoms with E-state index < -0.39 is 10.2 Å². The summed E-state index contributed by atoms with van der Waals surface area (Å²) in [6.45, 7) is 1.17. The molecule has 108 valence electrons. The van der Waals surface area contributed by atoms with E-state index in [1.54, 1.807) is 18.2 Å². The summed E-state index contributed by atoms with van der Waals surface area (Å²) in [5.74, 6) is 0.434. The van der Waals surface area contributed by atoms with Crippen molar-refractivity contribution in [2.75, 3.05) is 17.9 Å². The van der Waals surface area contributed by atoms with Crippen molar-refractivity contribution in [2.45, 2.75) is 18.9 Å². The Labute approximate surface area is 117 Å². The molecule has 7 nitrogen and oxygen atoms in total. The lowest BCUT2D eigenvalue weighted by atomic mass is 10.1. The molecule has 1 aromatic rings. The summed E-state index contributed by atoms with van der Waals surface area (Å²) in [5, 5.41) is 0. The van der Waals surface area contributed by atoms with Crippen molar-refractivity contribution in [3.05, 3.63) is 23.8 Å². The molecule has 0 aliphatic carbocycles. The molecule has 2 heterocycles. The normalized spacial score (nSPS) is 23.6. The van der Waals surface area contributed by atoms with Crippen molar-refractivity contribution in [3.63, 3.8) is 0 Å². The number of rotatable bonds is 3. The molecule has 1 saturated heterocycles. The second-order valence-corrected chi connectivity index (χ2v) is 6.02. The zero-order valence-electron chi connectivity index (χ0n) is 10.7. The van der Waals surface area contributed by atoms with E-state index in [1.165, 1.54) is 0 Å². The van der Waals surface area contributed by atoms with Crippen molar-refractivity contribution in [1.29, 1.82) is 0 Å². The molecule has 2 aliphatic rings. The molecule has 3 rings (SSSR count). The maximum Gasteiger partial charge on any atom is 0.344 e. The van der Waals surface area contributed by atoms with Gasteiger partial charge in [0, 0.05) is 6.61 Å². The van der Waals surface area contributed by atoms with Gasteiger partial charge in [0.15, 0.2) is 5.84 Å². The third kappa shape index (κ3) is 2.56. The number of benzene rings is 1. The zero-order chi connectivity index (χ0) is 14.2. The van der Waals surface area contributed by atoms with Crippen molar-refractivity contribution < 1.29 is 17.9 Å². The highest BCUT2D eigenvalue weighted by molar-refractivity contribution is 7.91. The van der Waals surface area contributed by atoms with Crippen LogP contribution in [-0.2, 0) is 14.9 Å². The second-order valence-electron chi connectivity index (χ2n) is 4.68. The van der Waals surface area contributed by atoms with Crippen LogP contribution >= 0.6 is 0 Å². The number of hydrogen-bond donors (Lipinski definition) is 2. The Kier molecular flexibility index (Phi) is 3.27. The number of fused-ring (bicyclic) bond motifs is 1. The Bertz CT molecular complexity index is 651. The molecule has 0 radical (unpaired) electrons. The van der Waals surface area contributed by atoms with Crippen molar-refractivity contribution in [1.82, 2.24) is 0 Å². The summed E-state index contributed by atoms with van der Waals surface area (Å²) in [6, 6.07) is 5.05. The van der Waals surface area contributed by atoms with Crippen molar-refractivity contribution in [2.24, 2.45) is 10.1 Å². The van der Waals surface area contributed by atoms with Crippen LogP contribution in [0.3, 0.4) is 0 Å². The topological polar surface area (TPSA) is 103 Å². The lowest BCUT2D eigenvalue weighted by Gasteiger charge is -2.20. The highest BCUT2D eigenvalue weighted by Crippen LogP contribution is 2.30. The molecular formula is C12H15N3O4S. The highest BCUT2D eigenvalue weighted by atomic mass is 32.2. The molecule has 0 bridgehead atoms. The summed E-state index contributed by atoms with van der Waals surface area (Å²) < 4.78 is 39.9. The van der Waals surface area contributed by atoms with Crippen LogP contribution in [0.15, 0.2) is 22.6 Å². The number of ether oxygens (including phenoxy) is 2. The maximum absolute atomic E-state index is 11.5. The van der Waals surface area contributed by atoms with Crippen molar-refractivity contribution >= 4 is 21.7 Å². The van der Waals surface area contributed by atoms with E-state index in [0.29, 0.717) is 23.6 Å². The number of amidine groups is 1. The number of hydrogen-bond acceptors (Lipinski definition) is 5. The minimum atomic E-state index is -3.76. The van der Waals surface area contributed by atoms with E-state index in [2.05, 4.69) is 9.12 Å². The van der Waals surface area contributed by atoms with E-state index >= 15 is 0 Å². The van der Waals surface area contributed by atoms with Crippen LogP contribution in [0.1, 0.15) is 18.4 Å². The first-order valence-electron chi connectivity index (χ1n) is 6.31. The number of nitrogens with zero attached hydrogens (tertiary/aromatic N) is 1. The Morgan fingerprint density at radius 3 is 3.10 bits per heavy atom. The summed E-state index contributed by atoms with van der Waals surface area (Å²) in [7, 11) is -3.76. The van der Waals surface area contributed by atoms with Gasteiger partial charge in [0.05, 0.1) is 17.4 Å². The molecule has 1 aromatic carbocycles. The largest absolute Gasteiger partial charge is 0.490 e. The lowest BCUT2D eigenvalue weighted by Crippen LogP contribution is -2.27. The van der Waals surface area contributed by atoms with E-state index in [1.807, 2.05) is 0 Å². The summed E-state index contributed by atoms with van der Waals surface area (Å²) >= 11 is 0. The summed E-state index contributed by atoms with van der Waals surface area (Å²) in [6.07, 6.45) is 2.07. The Morgan fingerprint density at radius 1 is 1.50 bits per heavy atom. The molecule has 0 spiro atoms. The second kappa shape index (κ2) is 4.95. The van der Waals surface area contributed by atoms with Crippen LogP contribution in [0.4, 0.5) is 5.69 Å².